The first-order chi connectivity index (χ1) is 7.57. The highest BCUT2D eigenvalue weighted by Crippen LogP contribution is 2.28. The summed E-state index contributed by atoms with van der Waals surface area (Å²) in [5, 5.41) is 2.64. The average molecular weight is 229 g/mol. The van der Waals surface area contributed by atoms with Gasteiger partial charge >= 0.3 is 6.11 Å². The van der Waals surface area contributed by atoms with Gasteiger partial charge in [-0.3, -0.25) is 0 Å². The fourth-order valence-corrected chi connectivity index (χ4v) is 1.44. The number of alkyl halides is 2. The monoisotopic (exact) mass is 229 g/mol. The molecular weight excluding hydrogens is 212 g/mol. The van der Waals surface area contributed by atoms with Crippen LogP contribution in [0.5, 0.6) is 5.75 Å². The van der Waals surface area contributed by atoms with Gasteiger partial charge in [0.05, 0.1) is 0 Å². The molecule has 0 amide bonds. The molecule has 4 heteroatoms. The van der Waals surface area contributed by atoms with Crippen LogP contribution in [0, 0.1) is 6.92 Å². The van der Waals surface area contributed by atoms with Gasteiger partial charge in [0, 0.05) is 12.1 Å². The van der Waals surface area contributed by atoms with Gasteiger partial charge in [0.15, 0.2) is 0 Å². The molecule has 0 fully saturated rings. The molecule has 1 aliphatic heterocycles. The Morgan fingerprint density at radius 2 is 2.00 bits per heavy atom. The van der Waals surface area contributed by atoms with Gasteiger partial charge in [0.2, 0.25) is 0 Å². The summed E-state index contributed by atoms with van der Waals surface area (Å²) in [6.45, 7) is 5.83. The molecule has 2 rings (SSSR count). The van der Waals surface area contributed by atoms with E-state index in [9.17, 15) is 8.78 Å². The van der Waals surface area contributed by atoms with Crippen molar-refractivity contribution in [2.75, 3.05) is 6.54 Å². The summed E-state index contributed by atoms with van der Waals surface area (Å²) in [5.41, 5.74) is 1.69. The first-order valence-electron chi connectivity index (χ1n) is 5.44. The summed E-state index contributed by atoms with van der Waals surface area (Å²) in [4.78, 5) is 0. The van der Waals surface area contributed by atoms with E-state index >= 15 is 0 Å². The van der Waals surface area contributed by atoms with E-state index in [1.165, 1.54) is 0 Å². The molecule has 0 unspecified atom stereocenters. The molecule has 0 radical (unpaired) electrons. The van der Waals surface area contributed by atoms with E-state index in [1.54, 1.807) is 12.1 Å². The maximum Gasteiger partial charge on any atom is 0.410 e. The highest BCUT2D eigenvalue weighted by Gasteiger charge is 2.33. The van der Waals surface area contributed by atoms with Crippen molar-refractivity contribution in [3.8, 4) is 5.75 Å². The molecule has 0 aliphatic carbocycles. The number of ether oxygens (including phenoxy) is 1. The predicted molar refractivity (Wildman–Crippen MR) is 59.8 cm³/mol. The predicted octanol–water partition coefficient (Wildman–Crippen LogP) is 3.10. The highest BCUT2D eigenvalue weighted by atomic mass is 19.3. The SMILES string of the molecule is CC.Cc1ccc2c(c1)OC(F)(F)CNC2. The van der Waals surface area contributed by atoms with Crippen LogP contribution in [0.25, 0.3) is 0 Å². The number of fused-ring (bicyclic) bond motifs is 1. The zero-order valence-corrected chi connectivity index (χ0v) is 9.81. The van der Waals surface area contributed by atoms with E-state index in [2.05, 4.69) is 10.1 Å². The molecule has 0 saturated heterocycles. The van der Waals surface area contributed by atoms with Gasteiger partial charge in [-0.2, -0.15) is 8.78 Å². The fraction of sp³-hybridized carbons (Fsp3) is 0.500. The molecule has 0 atom stereocenters. The third-order valence-corrected chi connectivity index (χ3v) is 2.13. The molecule has 0 aromatic heterocycles. The van der Waals surface area contributed by atoms with Crippen molar-refractivity contribution in [3.63, 3.8) is 0 Å². The summed E-state index contributed by atoms with van der Waals surface area (Å²) in [6, 6.07) is 5.32. The zero-order chi connectivity index (χ0) is 12.2. The molecule has 1 N–H and O–H groups in total. The number of halogens is 2. The quantitative estimate of drug-likeness (QED) is 0.738. The topological polar surface area (TPSA) is 21.3 Å². The van der Waals surface area contributed by atoms with E-state index < -0.39 is 12.7 Å². The van der Waals surface area contributed by atoms with E-state index in [1.807, 2.05) is 26.8 Å². The second-order valence-corrected chi connectivity index (χ2v) is 3.45. The maximum absolute atomic E-state index is 13.0. The lowest BCUT2D eigenvalue weighted by Gasteiger charge is -2.15. The van der Waals surface area contributed by atoms with Crippen LogP contribution in [0.3, 0.4) is 0 Å². The molecule has 16 heavy (non-hydrogen) atoms. The molecule has 0 spiro atoms. The lowest BCUT2D eigenvalue weighted by Crippen LogP contribution is -2.34. The van der Waals surface area contributed by atoms with E-state index in [-0.39, 0.29) is 5.75 Å². The number of aryl methyl sites for hydroxylation is 1. The minimum atomic E-state index is -3.11. The molecule has 1 aromatic rings. The Morgan fingerprint density at radius 3 is 2.69 bits per heavy atom. The van der Waals surface area contributed by atoms with Crippen molar-refractivity contribution in [1.29, 1.82) is 0 Å². The van der Waals surface area contributed by atoms with Gasteiger partial charge in [0.1, 0.15) is 12.3 Å². The first-order valence-corrected chi connectivity index (χ1v) is 5.44. The van der Waals surface area contributed by atoms with Crippen LogP contribution in [0.2, 0.25) is 0 Å². The second-order valence-electron chi connectivity index (χ2n) is 3.45. The van der Waals surface area contributed by atoms with Crippen molar-refractivity contribution in [3.05, 3.63) is 29.3 Å². The normalized spacial score (nSPS) is 17.3. The largest absolute Gasteiger partial charge is 0.431 e. The Balaban J connectivity index is 0.000000606. The van der Waals surface area contributed by atoms with Crippen LogP contribution in [0.1, 0.15) is 25.0 Å². The van der Waals surface area contributed by atoms with Crippen molar-refractivity contribution in [1.82, 2.24) is 5.32 Å². The highest BCUT2D eigenvalue weighted by molar-refractivity contribution is 5.37. The third kappa shape index (κ3) is 3.17. The Hall–Kier alpha value is -1.16. The number of benzene rings is 1. The van der Waals surface area contributed by atoms with Crippen LogP contribution >= 0.6 is 0 Å². The molecule has 0 saturated carbocycles. The Morgan fingerprint density at radius 1 is 1.31 bits per heavy atom. The van der Waals surface area contributed by atoms with Crippen LogP contribution in [0.15, 0.2) is 18.2 Å². The first kappa shape index (κ1) is 12.9. The average Bonchev–Trinajstić information content (AvgIpc) is 2.37. The zero-order valence-electron chi connectivity index (χ0n) is 9.81. The van der Waals surface area contributed by atoms with Gasteiger partial charge in [-0.15, -0.1) is 0 Å². The lowest BCUT2D eigenvalue weighted by atomic mass is 10.1. The molecule has 1 aliphatic rings. The standard InChI is InChI=1S/C10H11F2NO.C2H6/c1-7-2-3-8-5-13-6-10(11,12)14-9(8)4-7;1-2/h2-4,13H,5-6H2,1H3;1-2H3. The summed E-state index contributed by atoms with van der Waals surface area (Å²) in [6.07, 6.45) is -3.11. The van der Waals surface area contributed by atoms with Crippen molar-refractivity contribution in [2.24, 2.45) is 0 Å². The molecule has 2 nitrogen and oxygen atoms in total. The fourth-order valence-electron chi connectivity index (χ4n) is 1.44. The Kier molecular flexibility index (Phi) is 4.24. The number of rotatable bonds is 0. The third-order valence-electron chi connectivity index (χ3n) is 2.13. The van der Waals surface area contributed by atoms with Crippen LogP contribution in [0.4, 0.5) is 8.78 Å². The minimum absolute atomic E-state index is 0.278. The summed E-state index contributed by atoms with van der Waals surface area (Å²) < 4.78 is 30.6. The van der Waals surface area contributed by atoms with Gasteiger partial charge in [0.25, 0.3) is 0 Å². The molecular formula is C12H17F2NO. The van der Waals surface area contributed by atoms with E-state index in [0.29, 0.717) is 6.54 Å². The summed E-state index contributed by atoms with van der Waals surface area (Å²) >= 11 is 0. The Labute approximate surface area is 94.6 Å². The molecule has 1 aromatic carbocycles. The van der Waals surface area contributed by atoms with E-state index in [0.717, 1.165) is 11.1 Å². The smallest absolute Gasteiger partial charge is 0.410 e. The molecule has 1 heterocycles. The van der Waals surface area contributed by atoms with Gasteiger partial charge in [-0.25, -0.2) is 0 Å². The maximum atomic E-state index is 13.0. The molecule has 0 bridgehead atoms. The van der Waals surface area contributed by atoms with Crippen molar-refractivity contribution < 1.29 is 13.5 Å². The number of hydrogen-bond acceptors (Lipinski definition) is 2. The van der Waals surface area contributed by atoms with Gasteiger partial charge < -0.3 is 10.1 Å². The molecule has 90 valence electrons. The van der Waals surface area contributed by atoms with Crippen LogP contribution < -0.4 is 10.1 Å². The number of hydrogen-bond donors (Lipinski definition) is 1. The Bertz CT molecular complexity index is 353. The van der Waals surface area contributed by atoms with Crippen molar-refractivity contribution >= 4 is 0 Å². The summed E-state index contributed by atoms with van der Waals surface area (Å²) in [7, 11) is 0. The second kappa shape index (κ2) is 5.25. The van der Waals surface area contributed by atoms with Crippen LogP contribution in [-0.4, -0.2) is 12.7 Å². The minimum Gasteiger partial charge on any atom is -0.431 e. The van der Waals surface area contributed by atoms with Crippen LogP contribution in [-0.2, 0) is 6.54 Å². The lowest BCUT2D eigenvalue weighted by molar-refractivity contribution is -0.168. The van der Waals surface area contributed by atoms with E-state index in [4.69, 9.17) is 0 Å². The van der Waals surface area contributed by atoms with Gasteiger partial charge in [-0.05, 0) is 18.6 Å². The number of nitrogens with one attached hydrogen (secondary N) is 1. The van der Waals surface area contributed by atoms with Crippen molar-refractivity contribution in [2.45, 2.75) is 33.4 Å². The summed E-state index contributed by atoms with van der Waals surface area (Å²) in [5.74, 6) is 0.278. The van der Waals surface area contributed by atoms with Gasteiger partial charge in [-0.1, -0.05) is 26.0 Å².